The number of sulfonamides is 1. The molecule has 8 nitrogen and oxygen atoms in total. The van der Waals surface area contributed by atoms with Crippen LogP contribution in [-0.4, -0.2) is 73.3 Å². The van der Waals surface area contributed by atoms with Crippen LogP contribution in [-0.2, 0) is 14.8 Å². The van der Waals surface area contributed by atoms with E-state index in [4.69, 9.17) is 9.26 Å². The normalized spacial score (nSPS) is 22.8. The van der Waals surface area contributed by atoms with E-state index in [1.165, 1.54) is 6.26 Å². The van der Waals surface area contributed by atoms with Gasteiger partial charge < -0.3 is 14.2 Å². The lowest BCUT2D eigenvalue weighted by Crippen LogP contribution is -2.55. The quantitative estimate of drug-likeness (QED) is 0.776. The van der Waals surface area contributed by atoms with E-state index in [1.807, 2.05) is 0 Å². The molecular weight excluding hydrogens is 358 g/mol. The van der Waals surface area contributed by atoms with Crippen molar-refractivity contribution in [3.63, 3.8) is 0 Å². The van der Waals surface area contributed by atoms with Crippen molar-refractivity contribution in [1.82, 2.24) is 14.4 Å². The monoisotopic (exact) mass is 385 g/mol. The molecule has 1 aromatic rings. The molecular formula is C17H27N3O5S. The first-order chi connectivity index (χ1) is 12.3. The highest BCUT2D eigenvalue weighted by Gasteiger charge is 2.38. The van der Waals surface area contributed by atoms with Gasteiger partial charge in [0.05, 0.1) is 11.9 Å². The Labute approximate surface area is 154 Å². The number of likely N-dealkylation sites (tertiary alicyclic amines) is 1. The number of hydrogen-bond acceptors (Lipinski definition) is 6. The Bertz CT molecular complexity index is 735. The van der Waals surface area contributed by atoms with Gasteiger partial charge in [-0.25, -0.2) is 8.42 Å². The highest BCUT2D eigenvalue weighted by Crippen LogP contribution is 2.27. The lowest BCUT2D eigenvalue weighted by molar-refractivity contribution is 0.0341. The fraction of sp³-hybridized carbons (Fsp3) is 0.765. The van der Waals surface area contributed by atoms with E-state index in [-0.39, 0.29) is 18.0 Å². The van der Waals surface area contributed by atoms with Gasteiger partial charge >= 0.3 is 0 Å². The van der Waals surface area contributed by atoms with Crippen LogP contribution in [0.5, 0.6) is 0 Å². The number of piperidine rings is 1. The van der Waals surface area contributed by atoms with Crippen molar-refractivity contribution in [2.75, 3.05) is 32.6 Å². The third-order valence-corrected chi connectivity index (χ3v) is 6.59. The first-order valence-corrected chi connectivity index (χ1v) is 10.9. The fourth-order valence-corrected chi connectivity index (χ4v) is 5.54. The highest BCUT2D eigenvalue weighted by atomic mass is 32.2. The molecule has 3 rings (SSSR count). The van der Waals surface area contributed by atoms with Gasteiger partial charge in [0.15, 0.2) is 0 Å². The summed E-state index contributed by atoms with van der Waals surface area (Å²) >= 11 is 0. The second kappa shape index (κ2) is 7.66. The zero-order valence-corrected chi connectivity index (χ0v) is 16.4. The van der Waals surface area contributed by atoms with Crippen LogP contribution in [0.2, 0.25) is 0 Å². The van der Waals surface area contributed by atoms with Crippen molar-refractivity contribution < 1.29 is 22.5 Å². The van der Waals surface area contributed by atoms with Crippen LogP contribution >= 0.6 is 0 Å². The number of rotatable bonds is 4. The molecule has 26 heavy (non-hydrogen) atoms. The molecule has 2 fully saturated rings. The summed E-state index contributed by atoms with van der Waals surface area (Å²) in [7, 11) is -3.37. The largest absolute Gasteiger partial charge is 0.381 e. The molecule has 9 heteroatoms. The van der Waals surface area contributed by atoms with Crippen LogP contribution < -0.4 is 0 Å². The summed E-state index contributed by atoms with van der Waals surface area (Å²) in [4.78, 5) is 14.7. The number of aromatic nitrogens is 1. The van der Waals surface area contributed by atoms with Crippen LogP contribution in [0.3, 0.4) is 0 Å². The molecule has 0 N–H and O–H groups in total. The summed E-state index contributed by atoms with van der Waals surface area (Å²) in [5.74, 6) is 0.366. The van der Waals surface area contributed by atoms with Crippen molar-refractivity contribution >= 4 is 15.9 Å². The molecule has 0 saturated carbocycles. The SMILES string of the molecule is Cc1noc(C)c1C(=O)N1CCCC(N(C2CCOCC2)S(C)(=O)=O)C1. The number of hydrogen-bond donors (Lipinski definition) is 0. The average Bonchev–Trinajstić information content (AvgIpc) is 2.93. The predicted octanol–water partition coefficient (Wildman–Crippen LogP) is 1.34. The minimum Gasteiger partial charge on any atom is -0.381 e. The van der Waals surface area contributed by atoms with Crippen molar-refractivity contribution in [3.05, 3.63) is 17.0 Å². The molecule has 2 saturated heterocycles. The van der Waals surface area contributed by atoms with Crippen molar-refractivity contribution in [3.8, 4) is 0 Å². The molecule has 2 aliphatic rings. The van der Waals surface area contributed by atoms with Gasteiger partial charge in [0.1, 0.15) is 11.3 Å². The highest BCUT2D eigenvalue weighted by molar-refractivity contribution is 7.88. The molecule has 0 aliphatic carbocycles. The molecule has 2 aliphatic heterocycles. The molecule has 1 aromatic heterocycles. The van der Waals surface area contributed by atoms with Gasteiger partial charge in [0.25, 0.3) is 5.91 Å². The maximum atomic E-state index is 12.9. The first-order valence-electron chi connectivity index (χ1n) is 9.07. The van der Waals surface area contributed by atoms with Gasteiger partial charge in [-0.05, 0) is 39.5 Å². The minimum absolute atomic E-state index is 0.0575. The Morgan fingerprint density at radius 2 is 1.88 bits per heavy atom. The van der Waals surface area contributed by atoms with Crippen molar-refractivity contribution in [2.45, 2.75) is 51.6 Å². The summed E-state index contributed by atoms with van der Waals surface area (Å²) in [5, 5.41) is 3.86. The number of nitrogens with zero attached hydrogens (tertiary/aromatic N) is 3. The number of carbonyl (C=O) groups excluding carboxylic acids is 1. The van der Waals surface area contributed by atoms with Gasteiger partial charge in [-0.15, -0.1) is 0 Å². The van der Waals surface area contributed by atoms with E-state index in [0.29, 0.717) is 56.2 Å². The second-order valence-corrected chi connectivity index (χ2v) is 9.07. The Balaban J connectivity index is 1.80. The van der Waals surface area contributed by atoms with E-state index < -0.39 is 10.0 Å². The van der Waals surface area contributed by atoms with E-state index in [9.17, 15) is 13.2 Å². The van der Waals surface area contributed by atoms with E-state index in [2.05, 4.69) is 5.16 Å². The number of aryl methyl sites for hydroxylation is 2. The Kier molecular flexibility index (Phi) is 5.69. The molecule has 0 aromatic carbocycles. The predicted molar refractivity (Wildman–Crippen MR) is 95.4 cm³/mol. The van der Waals surface area contributed by atoms with Crippen LogP contribution in [0.15, 0.2) is 4.52 Å². The van der Waals surface area contributed by atoms with Crippen molar-refractivity contribution in [2.24, 2.45) is 0 Å². The lowest BCUT2D eigenvalue weighted by Gasteiger charge is -2.42. The summed E-state index contributed by atoms with van der Waals surface area (Å²) in [6.45, 7) is 5.63. The standard InChI is InChI=1S/C17H27N3O5S/c1-12-16(13(2)25-18-12)17(21)19-8-4-5-15(11-19)20(26(3,22)23)14-6-9-24-10-7-14/h14-15H,4-11H2,1-3H3. The Morgan fingerprint density at radius 3 is 2.46 bits per heavy atom. The molecule has 1 amide bonds. The molecule has 1 atom stereocenters. The maximum absolute atomic E-state index is 12.9. The van der Waals surface area contributed by atoms with Gasteiger partial charge in [-0.3, -0.25) is 4.79 Å². The zero-order chi connectivity index (χ0) is 18.9. The van der Waals surface area contributed by atoms with Gasteiger partial charge in [-0.2, -0.15) is 4.31 Å². The smallest absolute Gasteiger partial charge is 0.259 e. The summed E-state index contributed by atoms with van der Waals surface area (Å²) in [5.41, 5.74) is 1.06. The van der Waals surface area contributed by atoms with Crippen LogP contribution in [0.25, 0.3) is 0 Å². The third-order valence-electron chi connectivity index (χ3n) is 5.22. The first kappa shape index (κ1) is 19.3. The van der Waals surface area contributed by atoms with Gasteiger partial charge in [0.2, 0.25) is 10.0 Å². The Hall–Kier alpha value is -1.45. The van der Waals surface area contributed by atoms with Crippen LogP contribution in [0, 0.1) is 13.8 Å². The second-order valence-electron chi connectivity index (χ2n) is 7.18. The van der Waals surface area contributed by atoms with Crippen LogP contribution in [0.1, 0.15) is 47.5 Å². The maximum Gasteiger partial charge on any atom is 0.259 e. The van der Waals surface area contributed by atoms with Gasteiger partial charge in [-0.1, -0.05) is 5.16 Å². The number of amides is 1. The zero-order valence-electron chi connectivity index (χ0n) is 15.6. The minimum atomic E-state index is -3.37. The third kappa shape index (κ3) is 3.94. The average molecular weight is 385 g/mol. The molecule has 146 valence electrons. The Morgan fingerprint density at radius 1 is 1.19 bits per heavy atom. The molecule has 3 heterocycles. The van der Waals surface area contributed by atoms with E-state index in [0.717, 1.165) is 12.8 Å². The molecule has 0 radical (unpaired) electrons. The lowest BCUT2D eigenvalue weighted by atomic mass is 10.0. The van der Waals surface area contributed by atoms with E-state index in [1.54, 1.807) is 23.1 Å². The summed E-state index contributed by atoms with van der Waals surface area (Å²) in [6, 6.07) is -0.260. The molecule has 1 unspecified atom stereocenters. The molecule has 0 spiro atoms. The van der Waals surface area contributed by atoms with Gasteiger partial charge in [0, 0.05) is 38.4 Å². The topological polar surface area (TPSA) is 92.9 Å². The summed E-state index contributed by atoms with van der Waals surface area (Å²) < 4.78 is 37.1. The van der Waals surface area contributed by atoms with Crippen LogP contribution in [0.4, 0.5) is 0 Å². The fourth-order valence-electron chi connectivity index (χ4n) is 4.07. The summed E-state index contributed by atoms with van der Waals surface area (Å²) in [6.07, 6.45) is 4.19. The van der Waals surface area contributed by atoms with E-state index >= 15 is 0 Å². The number of carbonyl (C=O) groups is 1. The molecule has 0 bridgehead atoms. The number of ether oxygens (including phenoxy) is 1. The van der Waals surface area contributed by atoms with Crippen molar-refractivity contribution in [1.29, 1.82) is 0 Å².